The lowest BCUT2D eigenvalue weighted by Gasteiger charge is -2.42. The Kier molecular flexibility index (Phi) is 7.06. The number of hydrogen-bond donors (Lipinski definition) is 0. The molecule has 3 fully saturated rings. The number of rotatable bonds is 5. The number of alkyl halides is 2. The molecule has 6 rings (SSSR count). The number of halogens is 3. The lowest BCUT2D eigenvalue weighted by atomic mass is 9.87. The van der Waals surface area contributed by atoms with Crippen LogP contribution in [-0.4, -0.2) is 58.4 Å². The van der Waals surface area contributed by atoms with Gasteiger partial charge in [-0.2, -0.15) is 0 Å². The van der Waals surface area contributed by atoms with Gasteiger partial charge in [0.2, 0.25) is 0 Å². The van der Waals surface area contributed by atoms with Crippen LogP contribution in [0.25, 0.3) is 10.8 Å². The normalized spacial score (nSPS) is 22.9. The summed E-state index contributed by atoms with van der Waals surface area (Å²) < 4.78 is 19.3. The van der Waals surface area contributed by atoms with Crippen LogP contribution in [0.3, 0.4) is 0 Å². The minimum atomic E-state index is -0.743. The van der Waals surface area contributed by atoms with Crippen molar-refractivity contribution in [2.75, 3.05) is 26.2 Å². The highest BCUT2D eigenvalue weighted by atomic mass is 35.5. The molecule has 1 aliphatic carbocycles. The number of benzene rings is 3. The second-order valence-electron chi connectivity index (χ2n) is 11.6. The second kappa shape index (κ2) is 10.2. The van der Waals surface area contributed by atoms with Crippen molar-refractivity contribution in [2.45, 2.75) is 61.9 Å². The zero-order valence-corrected chi connectivity index (χ0v) is 24.0. The quantitative estimate of drug-likeness (QED) is 0.300. The number of carbonyl (C=O) groups excluding carboxylic acids is 1. The first-order valence-corrected chi connectivity index (χ1v) is 14.8. The maximum absolute atomic E-state index is 14.3. The van der Waals surface area contributed by atoms with Crippen LogP contribution in [0.5, 0.6) is 5.75 Å². The summed E-state index contributed by atoms with van der Waals surface area (Å²) in [6.07, 6.45) is 3.95. The summed E-state index contributed by atoms with van der Waals surface area (Å²) in [7, 11) is 0. The van der Waals surface area contributed by atoms with Gasteiger partial charge in [0, 0.05) is 41.4 Å². The van der Waals surface area contributed by atoms with E-state index in [1.807, 2.05) is 43.0 Å². The molecule has 1 amide bonds. The first-order chi connectivity index (χ1) is 18.7. The molecule has 2 heterocycles. The van der Waals surface area contributed by atoms with E-state index in [0.717, 1.165) is 44.5 Å². The molecule has 3 aromatic rings. The molecular weight excluding hydrogens is 534 g/mol. The SMILES string of the molecule is CC(C)Oc1ccc(C2C(Cl)(Cl)C23CCN(C2CCN(C(=O)c4ccc(F)c5ccccc45)CC2)CC3)cc1. The molecule has 7 heteroatoms. The van der Waals surface area contributed by atoms with Crippen molar-refractivity contribution in [3.63, 3.8) is 0 Å². The summed E-state index contributed by atoms with van der Waals surface area (Å²) >= 11 is 13.9. The molecule has 2 aliphatic heterocycles. The Labute approximate surface area is 240 Å². The molecule has 1 unspecified atom stereocenters. The van der Waals surface area contributed by atoms with Gasteiger partial charge in [-0.15, -0.1) is 23.2 Å². The van der Waals surface area contributed by atoms with Gasteiger partial charge in [0.25, 0.3) is 5.91 Å². The first-order valence-electron chi connectivity index (χ1n) is 14.1. The summed E-state index contributed by atoms with van der Waals surface area (Å²) in [5.74, 6) is 0.692. The molecule has 3 aliphatic rings. The highest BCUT2D eigenvalue weighted by Crippen LogP contribution is 2.78. The molecule has 39 heavy (non-hydrogen) atoms. The predicted molar refractivity (Wildman–Crippen MR) is 155 cm³/mol. The fourth-order valence-corrected chi connectivity index (χ4v) is 8.17. The van der Waals surface area contributed by atoms with Crippen molar-refractivity contribution < 1.29 is 13.9 Å². The Morgan fingerprint density at radius 3 is 2.21 bits per heavy atom. The number of hydrogen-bond acceptors (Lipinski definition) is 3. The van der Waals surface area contributed by atoms with Gasteiger partial charge in [0.15, 0.2) is 0 Å². The average Bonchev–Trinajstić information content (AvgIpc) is 3.41. The van der Waals surface area contributed by atoms with Gasteiger partial charge < -0.3 is 14.5 Å². The zero-order chi connectivity index (χ0) is 27.4. The van der Waals surface area contributed by atoms with Crippen LogP contribution in [0.15, 0.2) is 60.7 Å². The summed E-state index contributed by atoms with van der Waals surface area (Å²) in [6, 6.07) is 18.9. The van der Waals surface area contributed by atoms with Crippen LogP contribution >= 0.6 is 23.2 Å². The van der Waals surface area contributed by atoms with E-state index < -0.39 is 4.33 Å². The van der Waals surface area contributed by atoms with Crippen LogP contribution in [0, 0.1) is 11.2 Å². The van der Waals surface area contributed by atoms with Gasteiger partial charge in [-0.25, -0.2) is 4.39 Å². The Morgan fingerprint density at radius 1 is 0.923 bits per heavy atom. The molecule has 4 nitrogen and oxygen atoms in total. The van der Waals surface area contributed by atoms with E-state index >= 15 is 0 Å². The van der Waals surface area contributed by atoms with E-state index in [0.29, 0.717) is 35.5 Å². The van der Waals surface area contributed by atoms with Crippen molar-refractivity contribution in [1.82, 2.24) is 9.80 Å². The molecule has 0 N–H and O–H groups in total. The predicted octanol–water partition coefficient (Wildman–Crippen LogP) is 7.42. The van der Waals surface area contributed by atoms with E-state index in [1.165, 1.54) is 11.6 Å². The van der Waals surface area contributed by atoms with Crippen molar-refractivity contribution in [2.24, 2.45) is 5.41 Å². The molecule has 1 spiro atoms. The molecule has 0 bridgehead atoms. The van der Waals surface area contributed by atoms with Crippen molar-refractivity contribution in [1.29, 1.82) is 0 Å². The maximum Gasteiger partial charge on any atom is 0.254 e. The molecule has 0 aromatic heterocycles. The fourth-order valence-electron chi connectivity index (χ4n) is 7.01. The lowest BCUT2D eigenvalue weighted by molar-refractivity contribution is 0.0531. The third-order valence-electron chi connectivity index (χ3n) is 9.14. The highest BCUT2D eigenvalue weighted by Gasteiger charge is 2.75. The Bertz CT molecular complexity index is 1360. The van der Waals surface area contributed by atoms with E-state index in [-0.39, 0.29) is 29.2 Å². The van der Waals surface area contributed by atoms with Crippen LogP contribution < -0.4 is 4.74 Å². The van der Waals surface area contributed by atoms with Crippen LogP contribution in [0.4, 0.5) is 4.39 Å². The number of nitrogens with zero attached hydrogens (tertiary/aromatic N) is 2. The zero-order valence-electron chi connectivity index (χ0n) is 22.5. The summed E-state index contributed by atoms with van der Waals surface area (Å²) in [6.45, 7) is 7.39. The van der Waals surface area contributed by atoms with Crippen LogP contribution in [0.2, 0.25) is 0 Å². The van der Waals surface area contributed by atoms with Gasteiger partial charge in [0.1, 0.15) is 15.9 Å². The molecule has 2 saturated heterocycles. The van der Waals surface area contributed by atoms with Gasteiger partial charge in [0.05, 0.1) is 6.10 Å². The molecule has 0 radical (unpaired) electrons. The molecule has 206 valence electrons. The summed E-state index contributed by atoms with van der Waals surface area (Å²) in [4.78, 5) is 17.9. The summed E-state index contributed by atoms with van der Waals surface area (Å²) in [5, 5.41) is 1.17. The molecule has 1 saturated carbocycles. The van der Waals surface area contributed by atoms with Gasteiger partial charge in [-0.05, 0) is 87.8 Å². The number of carbonyl (C=O) groups is 1. The molecule has 3 aromatic carbocycles. The van der Waals surface area contributed by atoms with E-state index in [1.54, 1.807) is 18.2 Å². The number of ether oxygens (including phenoxy) is 1. The summed E-state index contributed by atoms with van der Waals surface area (Å²) in [5.41, 5.74) is 1.67. The minimum absolute atomic E-state index is 0.0121. The topological polar surface area (TPSA) is 32.8 Å². The number of amides is 1. The maximum atomic E-state index is 14.3. The monoisotopic (exact) mass is 568 g/mol. The van der Waals surface area contributed by atoms with Gasteiger partial charge in [-0.1, -0.05) is 36.4 Å². The average molecular weight is 570 g/mol. The second-order valence-corrected chi connectivity index (χ2v) is 13.0. The Balaban J connectivity index is 1.06. The minimum Gasteiger partial charge on any atom is -0.491 e. The van der Waals surface area contributed by atoms with E-state index in [9.17, 15) is 9.18 Å². The number of fused-ring (bicyclic) bond motifs is 1. The Hall–Kier alpha value is -2.34. The van der Waals surface area contributed by atoms with Crippen LogP contribution in [0.1, 0.15) is 61.4 Å². The van der Waals surface area contributed by atoms with E-state index in [4.69, 9.17) is 27.9 Å². The Morgan fingerprint density at radius 2 is 1.56 bits per heavy atom. The number of piperidine rings is 2. The largest absolute Gasteiger partial charge is 0.491 e. The van der Waals surface area contributed by atoms with E-state index in [2.05, 4.69) is 17.0 Å². The van der Waals surface area contributed by atoms with Gasteiger partial charge in [-0.3, -0.25) is 4.79 Å². The number of likely N-dealkylation sites (tertiary alicyclic amines) is 2. The first kappa shape index (κ1) is 26.9. The fraction of sp³-hybridized carbons (Fsp3) is 0.469. The van der Waals surface area contributed by atoms with Crippen molar-refractivity contribution in [3.8, 4) is 5.75 Å². The van der Waals surface area contributed by atoms with Crippen molar-refractivity contribution in [3.05, 3.63) is 77.6 Å². The van der Waals surface area contributed by atoms with Crippen molar-refractivity contribution >= 4 is 39.9 Å². The molecular formula is C32H35Cl2FN2O2. The molecule has 1 atom stereocenters. The standard InChI is InChI=1S/C32H35Cl2FN2O2/c1-21(2)39-24-9-7-22(8-10-24)29-31(32(29,33)34)15-19-36(20-16-31)23-13-17-37(18-14-23)30(38)27-11-12-28(35)26-6-4-3-5-25(26)27/h3-12,21,23,29H,13-20H2,1-2H3. The highest BCUT2D eigenvalue weighted by molar-refractivity contribution is 6.52. The smallest absolute Gasteiger partial charge is 0.254 e. The van der Waals surface area contributed by atoms with Gasteiger partial charge >= 0.3 is 0 Å². The lowest BCUT2D eigenvalue weighted by Crippen LogP contribution is -2.49. The van der Waals surface area contributed by atoms with Crippen LogP contribution in [-0.2, 0) is 0 Å². The third kappa shape index (κ3) is 4.71. The third-order valence-corrected chi connectivity index (χ3v) is 10.3.